The van der Waals surface area contributed by atoms with E-state index in [1.165, 1.54) is 23.8 Å². The van der Waals surface area contributed by atoms with Gasteiger partial charge in [-0.3, -0.25) is 0 Å². The number of benzene rings is 2. The van der Waals surface area contributed by atoms with Gasteiger partial charge >= 0.3 is 0 Å². The van der Waals surface area contributed by atoms with Crippen LogP contribution in [0.5, 0.6) is 0 Å². The van der Waals surface area contributed by atoms with Crippen molar-refractivity contribution in [2.24, 2.45) is 0 Å². The van der Waals surface area contributed by atoms with Crippen LogP contribution in [0.25, 0.3) is 0 Å². The minimum Gasteiger partial charge on any atom is -0.212 e. The molecule has 0 saturated carbocycles. The molecule has 0 heterocycles. The highest BCUT2D eigenvalue weighted by Crippen LogP contribution is 2.25. The summed E-state index contributed by atoms with van der Waals surface area (Å²) in [6, 6.07) is 11.5. The first-order valence-electron chi connectivity index (χ1n) is 8.03. The SMILES string of the molecule is C[C@H](NS(=O)(=O)Cc1c(F)cccc1Cl)c1ccc(C(C)(C)C)cc1. The van der Waals surface area contributed by atoms with Crippen LogP contribution in [0.15, 0.2) is 42.5 Å². The van der Waals surface area contributed by atoms with Gasteiger partial charge in [0.2, 0.25) is 10.0 Å². The van der Waals surface area contributed by atoms with Gasteiger partial charge in [0.05, 0.1) is 5.75 Å². The first-order chi connectivity index (χ1) is 11.5. The summed E-state index contributed by atoms with van der Waals surface area (Å²) in [7, 11) is -3.74. The number of halogens is 2. The van der Waals surface area contributed by atoms with E-state index < -0.39 is 27.6 Å². The highest BCUT2D eigenvalue weighted by Gasteiger charge is 2.21. The molecule has 6 heteroatoms. The number of rotatable bonds is 5. The molecule has 1 N–H and O–H groups in total. The second-order valence-electron chi connectivity index (χ2n) is 7.17. The summed E-state index contributed by atoms with van der Waals surface area (Å²) in [6.45, 7) is 8.11. The van der Waals surface area contributed by atoms with Gasteiger partial charge in [-0.05, 0) is 35.6 Å². The molecule has 2 aromatic carbocycles. The fourth-order valence-electron chi connectivity index (χ4n) is 2.51. The monoisotopic (exact) mass is 383 g/mol. The summed E-state index contributed by atoms with van der Waals surface area (Å²) in [5.74, 6) is -1.12. The Hall–Kier alpha value is -1.43. The van der Waals surface area contributed by atoms with E-state index in [4.69, 9.17) is 11.6 Å². The molecule has 0 amide bonds. The molecule has 0 saturated heterocycles. The molecule has 25 heavy (non-hydrogen) atoms. The molecule has 0 aliphatic heterocycles. The topological polar surface area (TPSA) is 46.2 Å². The van der Waals surface area contributed by atoms with Gasteiger partial charge in [-0.15, -0.1) is 0 Å². The second-order valence-corrected chi connectivity index (χ2v) is 9.33. The first-order valence-corrected chi connectivity index (χ1v) is 10.1. The summed E-state index contributed by atoms with van der Waals surface area (Å²) in [4.78, 5) is 0. The Morgan fingerprint density at radius 3 is 2.24 bits per heavy atom. The Morgan fingerprint density at radius 1 is 1.12 bits per heavy atom. The number of sulfonamides is 1. The van der Waals surface area contributed by atoms with Crippen LogP contribution in [0.4, 0.5) is 4.39 Å². The lowest BCUT2D eigenvalue weighted by Gasteiger charge is -2.21. The number of nitrogens with one attached hydrogen (secondary N) is 1. The quantitative estimate of drug-likeness (QED) is 0.793. The van der Waals surface area contributed by atoms with E-state index in [2.05, 4.69) is 25.5 Å². The molecule has 0 bridgehead atoms. The van der Waals surface area contributed by atoms with Crippen LogP contribution in [0.3, 0.4) is 0 Å². The van der Waals surface area contributed by atoms with Gasteiger partial charge in [0.1, 0.15) is 5.82 Å². The molecule has 2 aromatic rings. The molecule has 0 aliphatic carbocycles. The average Bonchev–Trinajstić information content (AvgIpc) is 2.50. The average molecular weight is 384 g/mol. The minimum absolute atomic E-state index is 0.0213. The molecule has 0 radical (unpaired) electrons. The van der Waals surface area contributed by atoms with Crippen LogP contribution in [-0.2, 0) is 21.2 Å². The third-order valence-corrected chi connectivity index (χ3v) is 5.76. The van der Waals surface area contributed by atoms with Crippen molar-refractivity contribution in [3.05, 3.63) is 70.0 Å². The Kier molecular flexibility index (Phi) is 5.92. The van der Waals surface area contributed by atoms with E-state index in [9.17, 15) is 12.8 Å². The smallest absolute Gasteiger partial charge is 0.212 e. The Labute approximate surface area is 154 Å². The molecule has 136 valence electrons. The summed E-state index contributed by atoms with van der Waals surface area (Å²) < 4.78 is 41.2. The maximum atomic E-state index is 13.8. The van der Waals surface area contributed by atoms with Crippen molar-refractivity contribution in [2.75, 3.05) is 0 Å². The standard InChI is InChI=1S/C19H23ClFNO2S/c1-13(14-8-10-15(11-9-14)19(2,3)4)22-25(23,24)12-16-17(20)6-5-7-18(16)21/h5-11,13,22H,12H2,1-4H3/t13-/m0/s1. The fraction of sp³-hybridized carbons (Fsp3) is 0.368. The van der Waals surface area contributed by atoms with Gasteiger partial charge in [-0.2, -0.15) is 0 Å². The van der Waals surface area contributed by atoms with Gasteiger partial charge in [0.15, 0.2) is 0 Å². The Bertz CT molecular complexity index is 822. The predicted octanol–water partition coefficient (Wildman–Crippen LogP) is 4.96. The van der Waals surface area contributed by atoms with Gasteiger partial charge in [0, 0.05) is 16.6 Å². The molecular weight excluding hydrogens is 361 g/mol. The van der Waals surface area contributed by atoms with Crippen LogP contribution in [0, 0.1) is 5.82 Å². The van der Waals surface area contributed by atoms with Gasteiger partial charge < -0.3 is 0 Å². The second kappa shape index (κ2) is 7.44. The zero-order chi connectivity index (χ0) is 18.8. The fourth-order valence-corrected chi connectivity index (χ4v) is 4.25. The van der Waals surface area contributed by atoms with Crippen LogP contribution in [-0.4, -0.2) is 8.42 Å². The molecule has 0 spiro atoms. The van der Waals surface area contributed by atoms with E-state index in [0.717, 1.165) is 5.56 Å². The third kappa shape index (κ3) is 5.27. The van der Waals surface area contributed by atoms with E-state index in [1.54, 1.807) is 6.92 Å². The number of hydrogen-bond donors (Lipinski definition) is 1. The van der Waals surface area contributed by atoms with Crippen molar-refractivity contribution in [3.8, 4) is 0 Å². The summed E-state index contributed by atoms with van der Waals surface area (Å²) >= 11 is 5.92. The molecular formula is C19H23ClFNO2S. The van der Waals surface area contributed by atoms with Crippen LogP contribution < -0.4 is 4.72 Å². The molecule has 1 atom stereocenters. The number of hydrogen-bond acceptors (Lipinski definition) is 2. The van der Waals surface area contributed by atoms with Crippen molar-refractivity contribution in [3.63, 3.8) is 0 Å². The van der Waals surface area contributed by atoms with Crippen molar-refractivity contribution in [1.29, 1.82) is 0 Å². The lowest BCUT2D eigenvalue weighted by atomic mass is 9.86. The van der Waals surface area contributed by atoms with Gasteiger partial charge in [-0.1, -0.05) is 62.7 Å². The lowest BCUT2D eigenvalue weighted by Crippen LogP contribution is -2.28. The summed E-state index contributed by atoms with van der Waals surface area (Å²) in [5.41, 5.74) is 2.02. The molecule has 2 rings (SSSR count). The Morgan fingerprint density at radius 2 is 1.72 bits per heavy atom. The van der Waals surface area contributed by atoms with E-state index in [1.807, 2.05) is 24.3 Å². The third-order valence-electron chi connectivity index (χ3n) is 4.03. The highest BCUT2D eigenvalue weighted by molar-refractivity contribution is 7.88. The predicted molar refractivity (Wildman–Crippen MR) is 101 cm³/mol. The maximum absolute atomic E-state index is 13.8. The summed E-state index contributed by atoms with van der Waals surface area (Å²) in [6.07, 6.45) is 0. The van der Waals surface area contributed by atoms with Crippen molar-refractivity contribution in [2.45, 2.75) is 44.9 Å². The molecule has 0 unspecified atom stereocenters. The van der Waals surface area contributed by atoms with E-state index >= 15 is 0 Å². The zero-order valence-corrected chi connectivity index (χ0v) is 16.4. The van der Waals surface area contributed by atoms with E-state index in [-0.39, 0.29) is 16.0 Å². The first kappa shape index (κ1) is 19.9. The van der Waals surface area contributed by atoms with Gasteiger partial charge in [0.25, 0.3) is 0 Å². The van der Waals surface area contributed by atoms with Gasteiger partial charge in [-0.25, -0.2) is 17.5 Å². The zero-order valence-electron chi connectivity index (χ0n) is 14.8. The van der Waals surface area contributed by atoms with Crippen molar-refractivity contribution < 1.29 is 12.8 Å². The molecule has 3 nitrogen and oxygen atoms in total. The lowest BCUT2D eigenvalue weighted by molar-refractivity contribution is 0.560. The maximum Gasteiger partial charge on any atom is 0.216 e. The largest absolute Gasteiger partial charge is 0.216 e. The minimum atomic E-state index is -3.74. The van der Waals surface area contributed by atoms with Crippen molar-refractivity contribution in [1.82, 2.24) is 4.72 Å². The van der Waals surface area contributed by atoms with Crippen LogP contribution in [0.1, 0.15) is 50.4 Å². The molecule has 0 aliphatic rings. The normalized spacial score (nSPS) is 13.7. The Balaban J connectivity index is 2.15. The van der Waals surface area contributed by atoms with Crippen LogP contribution in [0.2, 0.25) is 5.02 Å². The highest BCUT2D eigenvalue weighted by atomic mass is 35.5. The molecule has 0 aromatic heterocycles. The van der Waals surface area contributed by atoms with Crippen LogP contribution >= 0.6 is 11.6 Å². The molecule has 0 fully saturated rings. The summed E-state index contributed by atoms with van der Waals surface area (Å²) in [5, 5.41) is 0.104. The van der Waals surface area contributed by atoms with E-state index in [0.29, 0.717) is 0 Å². The van der Waals surface area contributed by atoms with Crippen molar-refractivity contribution >= 4 is 21.6 Å².